The molecule has 1 unspecified atom stereocenters. The number of hydrogen-bond donors (Lipinski definition) is 1. The molecule has 3 heterocycles. The molecule has 0 saturated carbocycles. The predicted molar refractivity (Wildman–Crippen MR) is 89.2 cm³/mol. The van der Waals surface area contributed by atoms with Gasteiger partial charge in [-0.2, -0.15) is 0 Å². The van der Waals surface area contributed by atoms with Crippen molar-refractivity contribution in [3.05, 3.63) is 46.5 Å². The third-order valence-electron chi connectivity index (χ3n) is 4.54. The van der Waals surface area contributed by atoms with Crippen molar-refractivity contribution in [1.29, 1.82) is 0 Å². The number of thiazole rings is 1. The van der Waals surface area contributed by atoms with Crippen LogP contribution in [-0.2, 0) is 28.3 Å². The quantitative estimate of drug-likeness (QED) is 0.941. The molecule has 5 nitrogen and oxygen atoms in total. The van der Waals surface area contributed by atoms with Gasteiger partial charge in [-0.3, -0.25) is 9.69 Å². The first-order valence-electron chi connectivity index (χ1n) is 7.82. The van der Waals surface area contributed by atoms with Crippen LogP contribution in [0.25, 0.3) is 0 Å². The van der Waals surface area contributed by atoms with Gasteiger partial charge in [-0.1, -0.05) is 24.3 Å². The predicted octanol–water partition coefficient (Wildman–Crippen LogP) is 2.73. The van der Waals surface area contributed by atoms with Gasteiger partial charge in [-0.15, -0.1) is 11.3 Å². The van der Waals surface area contributed by atoms with Gasteiger partial charge in [-0.05, 0) is 17.5 Å². The molecule has 1 fully saturated rings. The minimum atomic E-state index is -0.137. The van der Waals surface area contributed by atoms with E-state index in [1.807, 2.05) is 6.20 Å². The van der Waals surface area contributed by atoms with Gasteiger partial charge in [0.05, 0.1) is 6.61 Å². The lowest BCUT2D eigenvalue weighted by Gasteiger charge is -2.24. The monoisotopic (exact) mass is 329 g/mol. The van der Waals surface area contributed by atoms with Gasteiger partial charge in [0.1, 0.15) is 5.60 Å². The second kappa shape index (κ2) is 5.70. The molecule has 1 atom stereocenters. The zero-order valence-corrected chi connectivity index (χ0v) is 13.9. The molecule has 0 bridgehead atoms. The molecule has 0 radical (unpaired) electrons. The van der Waals surface area contributed by atoms with E-state index < -0.39 is 0 Å². The summed E-state index contributed by atoms with van der Waals surface area (Å²) < 4.78 is 6.19. The summed E-state index contributed by atoms with van der Waals surface area (Å²) in [6.07, 6.45) is 2.88. The van der Waals surface area contributed by atoms with Gasteiger partial charge in [0.2, 0.25) is 5.91 Å². The molecule has 23 heavy (non-hydrogen) atoms. The van der Waals surface area contributed by atoms with Crippen LogP contribution in [0.2, 0.25) is 0 Å². The molecule has 1 aromatic carbocycles. The number of anilines is 1. The normalized spacial score (nSPS) is 23.3. The lowest BCUT2D eigenvalue weighted by Crippen LogP contribution is -2.30. The number of carbonyl (C=O) groups is 1. The number of aromatic nitrogens is 1. The van der Waals surface area contributed by atoms with E-state index in [0.717, 1.165) is 37.5 Å². The number of hydrogen-bond acceptors (Lipinski definition) is 5. The van der Waals surface area contributed by atoms with E-state index in [-0.39, 0.29) is 11.5 Å². The Morgan fingerprint density at radius 2 is 2.35 bits per heavy atom. The number of likely N-dealkylation sites (tertiary alicyclic amines) is 1. The standard InChI is InChI=1S/C17H19N3O2S/c1-12(21)19-16-18-8-14(23-16)9-20-7-6-17(11-20)15-5-3-2-4-13(15)10-22-17/h2-5,8H,6-7,9-11H2,1H3,(H,18,19,21). The van der Waals surface area contributed by atoms with E-state index in [0.29, 0.717) is 5.13 Å². The zero-order chi connectivity index (χ0) is 15.9. The number of benzene rings is 1. The molecule has 120 valence electrons. The van der Waals surface area contributed by atoms with Gasteiger partial charge < -0.3 is 10.1 Å². The van der Waals surface area contributed by atoms with Gasteiger partial charge in [0.15, 0.2) is 5.13 Å². The topological polar surface area (TPSA) is 54.5 Å². The van der Waals surface area contributed by atoms with Crippen LogP contribution in [-0.4, -0.2) is 28.9 Å². The molecule has 1 aromatic heterocycles. The number of fused-ring (bicyclic) bond motifs is 2. The largest absolute Gasteiger partial charge is 0.364 e. The van der Waals surface area contributed by atoms with Crippen LogP contribution < -0.4 is 5.32 Å². The second-order valence-corrected chi connectivity index (χ2v) is 7.33. The van der Waals surface area contributed by atoms with Crippen molar-refractivity contribution in [3.8, 4) is 0 Å². The number of nitrogens with one attached hydrogen (secondary N) is 1. The van der Waals surface area contributed by atoms with Crippen molar-refractivity contribution in [3.63, 3.8) is 0 Å². The lowest BCUT2D eigenvalue weighted by atomic mass is 9.92. The molecule has 1 N–H and O–H groups in total. The minimum Gasteiger partial charge on any atom is -0.364 e. The van der Waals surface area contributed by atoms with Gasteiger partial charge in [0, 0.05) is 37.6 Å². The Hall–Kier alpha value is -1.76. The van der Waals surface area contributed by atoms with E-state index in [1.165, 1.54) is 29.4 Å². The van der Waals surface area contributed by atoms with Crippen molar-refractivity contribution in [2.75, 3.05) is 18.4 Å². The van der Waals surface area contributed by atoms with Crippen molar-refractivity contribution < 1.29 is 9.53 Å². The zero-order valence-electron chi connectivity index (χ0n) is 13.0. The number of ether oxygens (including phenoxy) is 1. The Morgan fingerprint density at radius 3 is 3.22 bits per heavy atom. The third-order valence-corrected chi connectivity index (χ3v) is 5.44. The fourth-order valence-corrected chi connectivity index (χ4v) is 4.43. The molecular weight excluding hydrogens is 310 g/mol. The molecule has 0 aliphatic carbocycles. The summed E-state index contributed by atoms with van der Waals surface area (Å²) in [4.78, 5) is 18.9. The SMILES string of the molecule is CC(=O)Nc1ncc(CN2CCC3(C2)OCc2ccccc23)s1. The summed E-state index contributed by atoms with van der Waals surface area (Å²) in [5, 5.41) is 3.41. The van der Waals surface area contributed by atoms with Crippen molar-refractivity contribution in [2.24, 2.45) is 0 Å². The Bertz CT molecular complexity index is 745. The average molecular weight is 329 g/mol. The smallest absolute Gasteiger partial charge is 0.223 e. The summed E-state index contributed by atoms with van der Waals surface area (Å²) in [6.45, 7) is 5.00. The highest BCUT2D eigenvalue weighted by Gasteiger charge is 2.45. The fourth-order valence-electron chi connectivity index (χ4n) is 3.52. The lowest BCUT2D eigenvalue weighted by molar-refractivity contribution is -0.114. The molecular formula is C17H19N3O2S. The third kappa shape index (κ3) is 2.78. The summed E-state index contributed by atoms with van der Waals surface area (Å²) in [6, 6.07) is 8.54. The van der Waals surface area contributed by atoms with Gasteiger partial charge in [-0.25, -0.2) is 4.98 Å². The van der Waals surface area contributed by atoms with E-state index in [4.69, 9.17) is 4.74 Å². The molecule has 2 aliphatic heterocycles. The van der Waals surface area contributed by atoms with Crippen molar-refractivity contribution in [1.82, 2.24) is 9.88 Å². The highest BCUT2D eigenvalue weighted by atomic mass is 32.1. The Kier molecular flexibility index (Phi) is 3.67. The summed E-state index contributed by atoms with van der Waals surface area (Å²) in [7, 11) is 0. The van der Waals surface area contributed by atoms with Crippen molar-refractivity contribution >= 4 is 22.4 Å². The van der Waals surface area contributed by atoms with Gasteiger partial charge in [0.25, 0.3) is 0 Å². The molecule has 1 spiro atoms. The molecule has 6 heteroatoms. The average Bonchev–Trinajstić information content (AvgIpc) is 3.22. The first kappa shape index (κ1) is 14.8. The van der Waals surface area contributed by atoms with Crippen LogP contribution in [0.5, 0.6) is 0 Å². The van der Waals surface area contributed by atoms with E-state index in [2.05, 4.69) is 39.5 Å². The maximum atomic E-state index is 11.1. The minimum absolute atomic E-state index is 0.0815. The maximum Gasteiger partial charge on any atom is 0.223 e. The van der Waals surface area contributed by atoms with Crippen LogP contribution in [0.15, 0.2) is 30.5 Å². The second-order valence-electron chi connectivity index (χ2n) is 6.21. The molecule has 2 aromatic rings. The highest BCUT2D eigenvalue weighted by Crippen LogP contribution is 2.43. The first-order valence-corrected chi connectivity index (χ1v) is 8.63. The summed E-state index contributed by atoms with van der Waals surface area (Å²) in [5.74, 6) is -0.0815. The van der Waals surface area contributed by atoms with Crippen molar-refractivity contribution in [2.45, 2.75) is 32.1 Å². The van der Waals surface area contributed by atoms with E-state index in [1.54, 1.807) is 0 Å². The van der Waals surface area contributed by atoms with Crippen LogP contribution in [0, 0.1) is 0 Å². The van der Waals surface area contributed by atoms with Crippen LogP contribution in [0.4, 0.5) is 5.13 Å². The summed E-state index contributed by atoms with van der Waals surface area (Å²) in [5.41, 5.74) is 2.53. The number of nitrogens with zero attached hydrogens (tertiary/aromatic N) is 2. The van der Waals surface area contributed by atoms with E-state index >= 15 is 0 Å². The molecule has 4 rings (SSSR count). The highest BCUT2D eigenvalue weighted by molar-refractivity contribution is 7.15. The Labute approximate surface area is 139 Å². The summed E-state index contributed by atoms with van der Waals surface area (Å²) >= 11 is 1.54. The van der Waals surface area contributed by atoms with Gasteiger partial charge >= 0.3 is 0 Å². The van der Waals surface area contributed by atoms with Crippen LogP contribution in [0.1, 0.15) is 29.3 Å². The first-order chi connectivity index (χ1) is 11.1. The molecule has 1 saturated heterocycles. The number of rotatable bonds is 3. The number of carbonyl (C=O) groups excluding carboxylic acids is 1. The van der Waals surface area contributed by atoms with E-state index in [9.17, 15) is 4.79 Å². The van der Waals surface area contributed by atoms with Crippen LogP contribution >= 0.6 is 11.3 Å². The molecule has 2 aliphatic rings. The fraction of sp³-hybridized carbons (Fsp3) is 0.412. The Morgan fingerprint density at radius 1 is 1.48 bits per heavy atom. The van der Waals surface area contributed by atoms with Crippen LogP contribution in [0.3, 0.4) is 0 Å². The number of amides is 1. The molecule has 1 amide bonds. The Balaban J connectivity index is 1.45. The maximum absolute atomic E-state index is 11.1.